The molecule has 3 heterocycles. The van der Waals surface area contributed by atoms with Crippen LogP contribution in [0.4, 0.5) is 0 Å². The van der Waals surface area contributed by atoms with Crippen LogP contribution in [0, 0.1) is 5.41 Å². The Kier molecular flexibility index (Phi) is 6.80. The predicted molar refractivity (Wildman–Crippen MR) is 111 cm³/mol. The Balaban J connectivity index is 0.00000240. The summed E-state index contributed by atoms with van der Waals surface area (Å²) in [4.78, 5) is 40.6. The molecule has 29 heavy (non-hydrogen) atoms. The first-order valence-electron chi connectivity index (χ1n) is 10.2. The third kappa shape index (κ3) is 4.90. The van der Waals surface area contributed by atoms with Crippen LogP contribution in [0.5, 0.6) is 0 Å². The lowest BCUT2D eigenvalue weighted by Crippen LogP contribution is -2.61. The van der Waals surface area contributed by atoms with Crippen molar-refractivity contribution in [3.05, 3.63) is 35.9 Å². The number of carbonyl (C=O) groups excluding carboxylic acids is 3. The zero-order valence-electron chi connectivity index (χ0n) is 16.6. The number of nitrogens with one attached hydrogen (secondary N) is 2. The second-order valence-electron chi connectivity index (χ2n) is 8.31. The molecule has 1 spiro atoms. The summed E-state index contributed by atoms with van der Waals surface area (Å²) in [5.41, 5.74) is 1.26. The predicted octanol–water partition coefficient (Wildman–Crippen LogP) is 0.928. The minimum atomic E-state index is -0.460. The monoisotopic (exact) mass is 420 g/mol. The molecule has 1 aromatic rings. The maximum absolute atomic E-state index is 12.7. The molecule has 8 heteroatoms. The minimum Gasteiger partial charge on any atom is -0.342 e. The van der Waals surface area contributed by atoms with Gasteiger partial charge in [0.25, 0.3) is 0 Å². The molecular formula is C21H29ClN4O3. The Morgan fingerprint density at radius 1 is 1.10 bits per heavy atom. The number of piperazine rings is 1. The smallest absolute Gasteiger partial charge is 0.246 e. The van der Waals surface area contributed by atoms with E-state index in [4.69, 9.17) is 0 Å². The number of hydrogen-bond donors (Lipinski definition) is 2. The van der Waals surface area contributed by atoms with Gasteiger partial charge >= 0.3 is 0 Å². The summed E-state index contributed by atoms with van der Waals surface area (Å²) in [6.45, 7) is 3.58. The summed E-state index contributed by atoms with van der Waals surface area (Å²) in [5, 5.41) is 5.77. The van der Waals surface area contributed by atoms with E-state index in [-0.39, 0.29) is 42.1 Å². The highest BCUT2D eigenvalue weighted by molar-refractivity contribution is 5.89. The van der Waals surface area contributed by atoms with E-state index in [9.17, 15) is 14.4 Å². The number of hydrogen-bond acceptors (Lipinski definition) is 4. The van der Waals surface area contributed by atoms with Gasteiger partial charge in [0.15, 0.2) is 0 Å². The number of nitrogens with zero attached hydrogens (tertiary/aromatic N) is 2. The molecule has 3 aliphatic rings. The lowest BCUT2D eigenvalue weighted by atomic mass is 9.72. The van der Waals surface area contributed by atoms with Crippen molar-refractivity contribution >= 4 is 30.1 Å². The number of rotatable bonds is 3. The van der Waals surface area contributed by atoms with Crippen molar-refractivity contribution in [1.82, 2.24) is 20.4 Å². The number of halogens is 1. The fourth-order valence-corrected chi connectivity index (χ4v) is 4.66. The van der Waals surface area contributed by atoms with Crippen LogP contribution in [0.15, 0.2) is 30.3 Å². The van der Waals surface area contributed by atoms with E-state index >= 15 is 0 Å². The van der Waals surface area contributed by atoms with Crippen molar-refractivity contribution in [3.8, 4) is 0 Å². The topological polar surface area (TPSA) is 81.8 Å². The Bertz CT molecular complexity index is 750. The quantitative estimate of drug-likeness (QED) is 0.762. The number of amides is 3. The first-order valence-corrected chi connectivity index (χ1v) is 10.2. The van der Waals surface area contributed by atoms with Crippen molar-refractivity contribution in [2.24, 2.45) is 5.41 Å². The van der Waals surface area contributed by atoms with Gasteiger partial charge in [0.05, 0.1) is 6.54 Å². The van der Waals surface area contributed by atoms with E-state index in [0.29, 0.717) is 32.6 Å². The number of benzene rings is 1. The van der Waals surface area contributed by atoms with Crippen LogP contribution >= 0.6 is 12.4 Å². The molecule has 3 saturated heterocycles. The van der Waals surface area contributed by atoms with E-state index in [2.05, 4.69) is 22.8 Å². The summed E-state index contributed by atoms with van der Waals surface area (Å²) in [6, 6.07) is 9.65. The van der Waals surface area contributed by atoms with Gasteiger partial charge in [0.2, 0.25) is 17.7 Å². The Labute approximate surface area is 177 Å². The standard InChI is InChI=1S/C21H28N4O3.ClH/c26-18-13-22-12-17(23-18)20(28)24-10-8-21(9-11-24)7-6-19(27)25(15-21)14-16-4-2-1-3-5-16;/h1-5,17,22H,6-15H2,(H,23,26);1H. The molecule has 3 fully saturated rings. The van der Waals surface area contributed by atoms with Crippen LogP contribution in [0.1, 0.15) is 31.2 Å². The molecule has 158 valence electrons. The maximum Gasteiger partial charge on any atom is 0.246 e. The van der Waals surface area contributed by atoms with Gasteiger partial charge in [-0.25, -0.2) is 0 Å². The molecule has 2 N–H and O–H groups in total. The molecule has 7 nitrogen and oxygen atoms in total. The molecule has 1 atom stereocenters. The average Bonchev–Trinajstić information content (AvgIpc) is 2.72. The molecule has 0 aromatic heterocycles. The van der Waals surface area contributed by atoms with Crippen molar-refractivity contribution in [3.63, 3.8) is 0 Å². The van der Waals surface area contributed by atoms with Gasteiger partial charge in [-0.15, -0.1) is 12.4 Å². The van der Waals surface area contributed by atoms with Crippen LogP contribution < -0.4 is 10.6 Å². The van der Waals surface area contributed by atoms with Gasteiger partial charge in [0, 0.05) is 39.1 Å². The summed E-state index contributed by atoms with van der Waals surface area (Å²) in [5.74, 6) is 0.104. The van der Waals surface area contributed by atoms with Crippen LogP contribution in [0.3, 0.4) is 0 Å². The van der Waals surface area contributed by atoms with Crippen LogP contribution in [0.2, 0.25) is 0 Å². The highest BCUT2D eigenvalue weighted by Gasteiger charge is 2.42. The summed E-state index contributed by atoms with van der Waals surface area (Å²) in [6.07, 6.45) is 3.31. The molecule has 1 aromatic carbocycles. The molecule has 4 rings (SSSR count). The number of likely N-dealkylation sites (tertiary alicyclic amines) is 2. The fourth-order valence-electron chi connectivity index (χ4n) is 4.66. The van der Waals surface area contributed by atoms with Crippen LogP contribution in [0.25, 0.3) is 0 Å². The second kappa shape index (κ2) is 9.13. The molecule has 0 saturated carbocycles. The molecule has 3 amide bonds. The number of piperidine rings is 2. The van der Waals surface area contributed by atoms with Gasteiger partial charge in [-0.2, -0.15) is 0 Å². The first-order chi connectivity index (χ1) is 13.5. The van der Waals surface area contributed by atoms with Crippen molar-refractivity contribution in [2.45, 2.75) is 38.3 Å². The normalized spacial score (nSPS) is 24.1. The van der Waals surface area contributed by atoms with E-state index < -0.39 is 6.04 Å². The van der Waals surface area contributed by atoms with E-state index in [1.165, 1.54) is 0 Å². The highest BCUT2D eigenvalue weighted by Crippen LogP contribution is 2.40. The second-order valence-corrected chi connectivity index (χ2v) is 8.31. The largest absolute Gasteiger partial charge is 0.342 e. The van der Waals surface area contributed by atoms with Crippen LogP contribution in [-0.4, -0.2) is 66.3 Å². The van der Waals surface area contributed by atoms with Gasteiger partial charge in [0.1, 0.15) is 6.04 Å². The molecule has 0 radical (unpaired) electrons. The minimum absolute atomic E-state index is 0. The Hall–Kier alpha value is -2.12. The van der Waals surface area contributed by atoms with E-state index in [1.54, 1.807) is 0 Å². The third-order valence-electron chi connectivity index (χ3n) is 6.37. The third-order valence-corrected chi connectivity index (χ3v) is 6.37. The first kappa shape index (κ1) is 21.6. The van der Waals surface area contributed by atoms with Gasteiger partial charge in [-0.1, -0.05) is 30.3 Å². The molecular weight excluding hydrogens is 392 g/mol. The SMILES string of the molecule is Cl.O=C1CNCC(C(=O)N2CCC3(CCC(=O)N(Cc4ccccc4)C3)CC2)N1. The fraction of sp³-hybridized carbons (Fsp3) is 0.571. The van der Waals surface area contributed by atoms with Gasteiger partial charge in [-0.3, -0.25) is 14.4 Å². The van der Waals surface area contributed by atoms with Crippen molar-refractivity contribution in [2.75, 3.05) is 32.7 Å². The van der Waals surface area contributed by atoms with Gasteiger partial charge < -0.3 is 20.4 Å². The highest BCUT2D eigenvalue weighted by atomic mass is 35.5. The molecule has 0 aliphatic carbocycles. The lowest BCUT2D eigenvalue weighted by Gasteiger charge is -2.48. The zero-order chi connectivity index (χ0) is 19.6. The van der Waals surface area contributed by atoms with Crippen molar-refractivity contribution in [1.29, 1.82) is 0 Å². The van der Waals surface area contributed by atoms with Crippen molar-refractivity contribution < 1.29 is 14.4 Å². The molecule has 3 aliphatic heterocycles. The zero-order valence-corrected chi connectivity index (χ0v) is 17.4. The molecule has 1 unspecified atom stereocenters. The van der Waals surface area contributed by atoms with E-state index in [1.807, 2.05) is 28.0 Å². The van der Waals surface area contributed by atoms with Gasteiger partial charge in [-0.05, 0) is 30.2 Å². The average molecular weight is 421 g/mol. The Morgan fingerprint density at radius 2 is 1.83 bits per heavy atom. The molecule has 0 bridgehead atoms. The van der Waals surface area contributed by atoms with E-state index in [0.717, 1.165) is 31.4 Å². The lowest BCUT2D eigenvalue weighted by molar-refractivity contribution is -0.144. The maximum atomic E-state index is 12.7. The summed E-state index contributed by atoms with van der Waals surface area (Å²) in [7, 11) is 0. The van der Waals surface area contributed by atoms with Crippen LogP contribution in [-0.2, 0) is 20.9 Å². The Morgan fingerprint density at radius 3 is 2.52 bits per heavy atom. The number of carbonyl (C=O) groups is 3. The summed E-state index contributed by atoms with van der Waals surface area (Å²) >= 11 is 0. The summed E-state index contributed by atoms with van der Waals surface area (Å²) < 4.78 is 0.